The second-order valence-electron chi connectivity index (χ2n) is 7.01. The second kappa shape index (κ2) is 5.76. The molecule has 2 heteroatoms. The van der Waals surface area contributed by atoms with E-state index in [1.165, 1.54) is 18.2 Å². The van der Waals surface area contributed by atoms with Gasteiger partial charge in [0.05, 0.1) is 6.10 Å². The lowest BCUT2D eigenvalue weighted by Gasteiger charge is -2.36. The number of hydrogen-bond acceptors (Lipinski definition) is 2. The molecule has 1 heterocycles. The zero-order valence-corrected chi connectivity index (χ0v) is 13.0. The Morgan fingerprint density at radius 2 is 1.95 bits per heavy atom. The maximum absolute atomic E-state index is 11.2. The summed E-state index contributed by atoms with van der Waals surface area (Å²) in [5, 5.41) is 13.5. The highest BCUT2D eigenvalue weighted by molar-refractivity contribution is 5.85. The van der Waals surface area contributed by atoms with Crippen LogP contribution >= 0.6 is 0 Å². The summed E-state index contributed by atoms with van der Waals surface area (Å²) in [5.41, 5.74) is 1.11. The van der Waals surface area contributed by atoms with Gasteiger partial charge in [0.25, 0.3) is 0 Å². The van der Waals surface area contributed by atoms with Crippen LogP contribution in [0.4, 0.5) is 0 Å². The van der Waals surface area contributed by atoms with Gasteiger partial charge in [-0.25, -0.2) is 0 Å². The van der Waals surface area contributed by atoms with Crippen LogP contribution in [-0.4, -0.2) is 10.1 Å². The van der Waals surface area contributed by atoms with Gasteiger partial charge in [-0.2, -0.15) is 0 Å². The van der Waals surface area contributed by atoms with Crippen molar-refractivity contribution in [3.8, 4) is 0 Å². The first kappa shape index (κ1) is 14.5. The zero-order valence-electron chi connectivity index (χ0n) is 13.0. The molecule has 1 aliphatic rings. The predicted molar refractivity (Wildman–Crippen MR) is 87.1 cm³/mol. The van der Waals surface area contributed by atoms with E-state index in [1.807, 2.05) is 18.5 Å². The summed E-state index contributed by atoms with van der Waals surface area (Å²) in [6.07, 6.45) is 9.20. The summed E-state index contributed by atoms with van der Waals surface area (Å²) < 4.78 is 0. The van der Waals surface area contributed by atoms with Crippen molar-refractivity contribution in [1.82, 2.24) is 4.98 Å². The third kappa shape index (κ3) is 2.69. The van der Waals surface area contributed by atoms with Crippen LogP contribution in [0.25, 0.3) is 10.8 Å². The van der Waals surface area contributed by atoms with Crippen molar-refractivity contribution in [3.05, 3.63) is 42.2 Å². The molecule has 1 unspecified atom stereocenters. The number of pyridine rings is 1. The summed E-state index contributed by atoms with van der Waals surface area (Å²) in [5.74, 6) is 0.617. The number of aromatic nitrogens is 1. The molecule has 1 aromatic heterocycles. The van der Waals surface area contributed by atoms with Crippen LogP contribution in [0.1, 0.15) is 57.6 Å². The molecule has 0 saturated heterocycles. The monoisotopic (exact) mass is 283 g/mol. The van der Waals surface area contributed by atoms with Crippen molar-refractivity contribution in [1.29, 1.82) is 0 Å². The van der Waals surface area contributed by atoms with Gasteiger partial charge in [0.1, 0.15) is 0 Å². The fourth-order valence-electron chi connectivity index (χ4n) is 4.19. The predicted octanol–water partition coefficient (Wildman–Crippen LogP) is 4.87. The first-order chi connectivity index (χ1) is 10.1. The van der Waals surface area contributed by atoms with Crippen LogP contribution in [0.3, 0.4) is 0 Å². The van der Waals surface area contributed by atoms with E-state index in [0.717, 1.165) is 30.2 Å². The van der Waals surface area contributed by atoms with Gasteiger partial charge in [0.2, 0.25) is 0 Å². The van der Waals surface area contributed by atoms with Gasteiger partial charge in [-0.05, 0) is 42.2 Å². The molecule has 1 aliphatic carbocycles. The number of rotatable bonds is 4. The molecule has 0 bridgehead atoms. The van der Waals surface area contributed by atoms with Crippen LogP contribution in [0, 0.1) is 11.3 Å². The first-order valence-electron chi connectivity index (χ1n) is 8.13. The molecule has 21 heavy (non-hydrogen) atoms. The fourth-order valence-corrected chi connectivity index (χ4v) is 4.19. The van der Waals surface area contributed by atoms with Gasteiger partial charge in [0.15, 0.2) is 0 Å². The van der Waals surface area contributed by atoms with E-state index in [4.69, 9.17) is 0 Å². The summed E-state index contributed by atoms with van der Waals surface area (Å²) >= 11 is 0. The molecule has 1 saturated carbocycles. The van der Waals surface area contributed by atoms with Crippen LogP contribution in [-0.2, 0) is 0 Å². The SMILES string of the molecule is CC(C)CC1(C(O)c2cccc3ccncc23)CCCC1. The maximum atomic E-state index is 11.2. The Balaban J connectivity index is 2.04. The number of nitrogens with zero attached hydrogens (tertiary/aromatic N) is 1. The average Bonchev–Trinajstić information content (AvgIpc) is 2.95. The molecule has 0 spiro atoms. The van der Waals surface area contributed by atoms with E-state index >= 15 is 0 Å². The zero-order chi connectivity index (χ0) is 14.9. The Bertz CT molecular complexity index is 608. The van der Waals surface area contributed by atoms with Crippen LogP contribution in [0.15, 0.2) is 36.7 Å². The Labute approximate surface area is 127 Å². The largest absolute Gasteiger partial charge is 0.388 e. The molecule has 3 rings (SSSR count). The van der Waals surface area contributed by atoms with Crippen molar-refractivity contribution in [2.24, 2.45) is 11.3 Å². The van der Waals surface area contributed by atoms with E-state index in [1.54, 1.807) is 0 Å². The van der Waals surface area contributed by atoms with Gasteiger partial charge in [0, 0.05) is 23.2 Å². The van der Waals surface area contributed by atoms with E-state index in [2.05, 4.69) is 37.0 Å². The molecule has 1 aromatic carbocycles. The third-order valence-corrected chi connectivity index (χ3v) is 5.01. The van der Waals surface area contributed by atoms with Gasteiger partial charge in [-0.1, -0.05) is 44.9 Å². The lowest BCUT2D eigenvalue weighted by Crippen LogP contribution is -2.28. The Kier molecular flexibility index (Phi) is 3.99. The lowest BCUT2D eigenvalue weighted by atomic mass is 9.71. The highest BCUT2D eigenvalue weighted by atomic mass is 16.3. The van der Waals surface area contributed by atoms with Crippen LogP contribution in [0.2, 0.25) is 0 Å². The second-order valence-corrected chi connectivity index (χ2v) is 7.01. The third-order valence-electron chi connectivity index (χ3n) is 5.01. The van der Waals surface area contributed by atoms with E-state index in [0.29, 0.717) is 5.92 Å². The first-order valence-corrected chi connectivity index (χ1v) is 8.13. The smallest absolute Gasteiger partial charge is 0.0852 e. The van der Waals surface area contributed by atoms with Crippen molar-refractivity contribution in [3.63, 3.8) is 0 Å². The van der Waals surface area contributed by atoms with Crippen molar-refractivity contribution >= 4 is 10.8 Å². The van der Waals surface area contributed by atoms with E-state index in [9.17, 15) is 5.11 Å². The molecule has 0 aliphatic heterocycles. The average molecular weight is 283 g/mol. The number of aliphatic hydroxyl groups excluding tert-OH is 1. The topological polar surface area (TPSA) is 33.1 Å². The lowest BCUT2D eigenvalue weighted by molar-refractivity contribution is 0.0122. The fraction of sp³-hybridized carbons (Fsp3) is 0.526. The van der Waals surface area contributed by atoms with Gasteiger partial charge in [-0.3, -0.25) is 4.98 Å². The molecule has 2 aromatic rings. The summed E-state index contributed by atoms with van der Waals surface area (Å²) in [4.78, 5) is 4.26. The minimum Gasteiger partial charge on any atom is -0.388 e. The molecule has 1 atom stereocenters. The van der Waals surface area contributed by atoms with E-state index < -0.39 is 0 Å². The molecule has 1 fully saturated rings. The van der Waals surface area contributed by atoms with Gasteiger partial charge in [-0.15, -0.1) is 0 Å². The maximum Gasteiger partial charge on any atom is 0.0852 e. The normalized spacial score (nSPS) is 19.2. The molecular formula is C19H25NO. The number of aliphatic hydroxyl groups is 1. The van der Waals surface area contributed by atoms with Crippen molar-refractivity contribution < 1.29 is 5.11 Å². The summed E-state index contributed by atoms with van der Waals surface area (Å²) in [6, 6.07) is 8.25. The quantitative estimate of drug-likeness (QED) is 0.868. The minimum absolute atomic E-state index is 0.0539. The molecule has 0 amide bonds. The molecule has 0 radical (unpaired) electrons. The summed E-state index contributed by atoms with van der Waals surface area (Å²) in [7, 11) is 0. The standard InChI is InChI=1S/C19H25NO/c1-14(2)12-19(9-3-4-10-19)18(21)16-7-5-6-15-8-11-20-13-17(15)16/h5-8,11,13-14,18,21H,3-4,9-10,12H2,1-2H3. The Hall–Kier alpha value is -1.41. The number of benzene rings is 1. The number of fused-ring (bicyclic) bond motifs is 1. The van der Waals surface area contributed by atoms with Crippen LogP contribution < -0.4 is 0 Å². The van der Waals surface area contributed by atoms with Gasteiger partial charge >= 0.3 is 0 Å². The van der Waals surface area contributed by atoms with Crippen molar-refractivity contribution in [2.45, 2.75) is 52.1 Å². The van der Waals surface area contributed by atoms with Crippen molar-refractivity contribution in [2.75, 3.05) is 0 Å². The highest BCUT2D eigenvalue weighted by Gasteiger charge is 2.41. The molecule has 112 valence electrons. The molecule has 1 N–H and O–H groups in total. The van der Waals surface area contributed by atoms with Crippen LogP contribution in [0.5, 0.6) is 0 Å². The van der Waals surface area contributed by atoms with E-state index in [-0.39, 0.29) is 11.5 Å². The van der Waals surface area contributed by atoms with Gasteiger partial charge < -0.3 is 5.11 Å². The molecular weight excluding hydrogens is 258 g/mol. The highest BCUT2D eigenvalue weighted by Crippen LogP contribution is 2.52. The summed E-state index contributed by atoms with van der Waals surface area (Å²) in [6.45, 7) is 4.52. The Morgan fingerprint density at radius 3 is 2.67 bits per heavy atom. The number of hydrogen-bond donors (Lipinski definition) is 1. The Morgan fingerprint density at radius 1 is 1.19 bits per heavy atom. The molecule has 2 nitrogen and oxygen atoms in total. The minimum atomic E-state index is -0.379.